The number of carboxylic acid groups (broad SMARTS) is 1. The monoisotopic (exact) mass is 377 g/mol. The predicted molar refractivity (Wildman–Crippen MR) is 101 cm³/mol. The highest BCUT2D eigenvalue weighted by atomic mass is 16.4. The third kappa shape index (κ3) is 7.08. The molecule has 1 aromatic rings. The molecule has 2 unspecified atom stereocenters. The van der Waals surface area contributed by atoms with Gasteiger partial charge in [0.05, 0.1) is 6.54 Å². The highest BCUT2D eigenvalue weighted by Crippen LogP contribution is 2.17. The van der Waals surface area contributed by atoms with Gasteiger partial charge in [0.1, 0.15) is 12.1 Å². The number of aliphatic carboxylic acids is 1. The van der Waals surface area contributed by atoms with Gasteiger partial charge in [-0.1, -0.05) is 32.0 Å². The first-order chi connectivity index (χ1) is 12.6. The molecule has 0 saturated heterocycles. The van der Waals surface area contributed by atoms with Gasteiger partial charge in [-0.3, -0.25) is 19.3 Å². The minimum absolute atomic E-state index is 0.0772. The third-order valence-electron chi connectivity index (χ3n) is 3.88. The fraction of sp³-hybridized carbons (Fsp3) is 0.474. The van der Waals surface area contributed by atoms with E-state index in [-0.39, 0.29) is 24.8 Å². The van der Waals surface area contributed by atoms with E-state index in [0.29, 0.717) is 5.69 Å². The van der Waals surface area contributed by atoms with E-state index < -0.39 is 29.9 Å². The Morgan fingerprint density at radius 3 is 2.15 bits per heavy atom. The summed E-state index contributed by atoms with van der Waals surface area (Å²) in [5, 5.41) is 14.2. The average Bonchev–Trinajstić information content (AvgIpc) is 2.59. The Bertz CT molecular complexity index is 675. The lowest BCUT2D eigenvalue weighted by Gasteiger charge is -2.30. The van der Waals surface area contributed by atoms with Crippen LogP contribution in [0.4, 0.5) is 5.69 Å². The Morgan fingerprint density at radius 2 is 1.67 bits per heavy atom. The number of amides is 3. The topological polar surface area (TPSA) is 116 Å². The second-order valence-electron chi connectivity index (χ2n) is 6.71. The number of nitrogens with zero attached hydrogens (tertiary/aromatic N) is 1. The molecule has 0 aromatic heterocycles. The Labute approximate surface area is 158 Å². The fourth-order valence-electron chi connectivity index (χ4n) is 2.56. The minimum Gasteiger partial charge on any atom is -0.480 e. The molecule has 1 aromatic carbocycles. The van der Waals surface area contributed by atoms with Crippen molar-refractivity contribution in [2.24, 2.45) is 5.92 Å². The minimum atomic E-state index is -1.12. The Balaban J connectivity index is 3.02. The molecule has 0 radical (unpaired) electrons. The van der Waals surface area contributed by atoms with Crippen LogP contribution in [0.25, 0.3) is 0 Å². The fourth-order valence-corrected chi connectivity index (χ4v) is 2.56. The van der Waals surface area contributed by atoms with Crippen LogP contribution >= 0.6 is 0 Å². The summed E-state index contributed by atoms with van der Waals surface area (Å²) in [6.45, 7) is 6.26. The summed E-state index contributed by atoms with van der Waals surface area (Å²) in [6, 6.07) is 6.55. The van der Waals surface area contributed by atoms with Crippen molar-refractivity contribution in [1.82, 2.24) is 10.6 Å². The molecule has 3 amide bonds. The molecule has 1 rings (SSSR count). The number of carboxylic acids is 1. The van der Waals surface area contributed by atoms with Crippen molar-refractivity contribution in [2.45, 2.75) is 46.2 Å². The first-order valence-electron chi connectivity index (χ1n) is 8.78. The molecule has 0 heterocycles. The zero-order valence-electron chi connectivity index (χ0n) is 16.1. The molecule has 0 bridgehead atoms. The molecule has 27 heavy (non-hydrogen) atoms. The number of hydrogen-bond acceptors (Lipinski definition) is 4. The molecule has 0 aliphatic heterocycles. The maximum atomic E-state index is 12.6. The zero-order valence-corrected chi connectivity index (χ0v) is 16.1. The van der Waals surface area contributed by atoms with Gasteiger partial charge in [-0.05, 0) is 31.4 Å². The summed E-state index contributed by atoms with van der Waals surface area (Å²) >= 11 is 0. The van der Waals surface area contributed by atoms with Crippen molar-refractivity contribution in [1.29, 1.82) is 0 Å². The number of nitrogens with one attached hydrogen (secondary N) is 2. The van der Waals surface area contributed by atoms with Crippen molar-refractivity contribution in [3.8, 4) is 0 Å². The molecule has 148 valence electrons. The molecule has 0 fully saturated rings. The molecule has 2 atom stereocenters. The van der Waals surface area contributed by atoms with E-state index in [9.17, 15) is 24.3 Å². The number of carbonyl (C=O) groups excluding carboxylic acids is 3. The van der Waals surface area contributed by atoms with Crippen molar-refractivity contribution in [2.75, 3.05) is 11.4 Å². The first-order valence-corrected chi connectivity index (χ1v) is 8.78. The van der Waals surface area contributed by atoms with Gasteiger partial charge in [-0.15, -0.1) is 0 Å². The number of anilines is 1. The molecule has 0 saturated carbocycles. The molecular formula is C19H27N3O5. The van der Waals surface area contributed by atoms with Crippen LogP contribution in [0.2, 0.25) is 0 Å². The van der Waals surface area contributed by atoms with E-state index in [2.05, 4.69) is 10.6 Å². The van der Waals surface area contributed by atoms with Gasteiger partial charge in [-0.2, -0.15) is 0 Å². The Morgan fingerprint density at radius 1 is 1.07 bits per heavy atom. The number of benzene rings is 1. The van der Waals surface area contributed by atoms with E-state index in [4.69, 9.17) is 0 Å². The highest BCUT2D eigenvalue weighted by Gasteiger charge is 2.30. The lowest BCUT2D eigenvalue weighted by Crippen LogP contribution is -2.54. The molecule has 8 heteroatoms. The summed E-state index contributed by atoms with van der Waals surface area (Å²) in [5.41, 5.74) is 0.478. The molecule has 8 nitrogen and oxygen atoms in total. The number of rotatable bonds is 9. The van der Waals surface area contributed by atoms with Crippen molar-refractivity contribution in [3.63, 3.8) is 0 Å². The molecule has 0 spiro atoms. The Hall–Kier alpha value is -2.90. The number of hydrogen-bond donors (Lipinski definition) is 3. The lowest BCUT2D eigenvalue weighted by atomic mass is 10.0. The van der Waals surface area contributed by atoms with Crippen LogP contribution in [0, 0.1) is 5.92 Å². The largest absolute Gasteiger partial charge is 0.480 e. The SMILES string of the molecule is CC(=O)NCC(=O)N(c1ccccc1)C(C)C(=O)NC(CC(C)C)C(=O)O. The van der Waals surface area contributed by atoms with E-state index >= 15 is 0 Å². The van der Waals surface area contributed by atoms with E-state index in [1.165, 1.54) is 18.7 Å². The maximum Gasteiger partial charge on any atom is 0.326 e. The third-order valence-corrected chi connectivity index (χ3v) is 3.88. The van der Waals surface area contributed by atoms with Crippen LogP contribution in [-0.2, 0) is 19.2 Å². The van der Waals surface area contributed by atoms with Crippen LogP contribution < -0.4 is 15.5 Å². The second kappa shape index (κ2) is 10.3. The molecule has 0 aliphatic carbocycles. The molecular weight excluding hydrogens is 350 g/mol. The van der Waals surface area contributed by atoms with Crippen molar-refractivity contribution >= 4 is 29.4 Å². The molecule has 0 aliphatic rings. The average molecular weight is 377 g/mol. The summed E-state index contributed by atoms with van der Waals surface area (Å²) in [5.74, 6) is -2.47. The summed E-state index contributed by atoms with van der Waals surface area (Å²) < 4.78 is 0. The van der Waals surface area contributed by atoms with Crippen molar-refractivity contribution in [3.05, 3.63) is 30.3 Å². The Kier molecular flexibility index (Phi) is 8.44. The van der Waals surface area contributed by atoms with Gasteiger partial charge >= 0.3 is 5.97 Å². The van der Waals surface area contributed by atoms with Crippen LogP contribution in [0.1, 0.15) is 34.1 Å². The first kappa shape index (κ1) is 22.1. The van der Waals surface area contributed by atoms with Crippen molar-refractivity contribution < 1.29 is 24.3 Å². The van der Waals surface area contributed by atoms with Gasteiger partial charge in [-0.25, -0.2) is 4.79 Å². The van der Waals surface area contributed by atoms with Crippen LogP contribution in [0.5, 0.6) is 0 Å². The van der Waals surface area contributed by atoms with Gasteiger partial charge < -0.3 is 15.7 Å². The normalized spacial score (nSPS) is 12.8. The van der Waals surface area contributed by atoms with Crippen LogP contribution in [-0.4, -0.2) is 47.4 Å². The summed E-state index contributed by atoms with van der Waals surface area (Å²) in [7, 11) is 0. The lowest BCUT2D eigenvalue weighted by molar-refractivity contribution is -0.142. The van der Waals surface area contributed by atoms with E-state index in [0.717, 1.165) is 0 Å². The molecule has 3 N–H and O–H groups in total. The van der Waals surface area contributed by atoms with Gasteiger partial charge in [0, 0.05) is 12.6 Å². The van der Waals surface area contributed by atoms with Crippen LogP contribution in [0.3, 0.4) is 0 Å². The number of carbonyl (C=O) groups is 4. The summed E-state index contributed by atoms with van der Waals surface area (Å²) in [6.07, 6.45) is 0.277. The second-order valence-corrected chi connectivity index (χ2v) is 6.71. The van der Waals surface area contributed by atoms with E-state index in [1.54, 1.807) is 30.3 Å². The van der Waals surface area contributed by atoms with Gasteiger partial charge in [0.25, 0.3) is 0 Å². The van der Waals surface area contributed by atoms with E-state index in [1.807, 2.05) is 13.8 Å². The highest BCUT2D eigenvalue weighted by molar-refractivity contribution is 6.02. The summed E-state index contributed by atoms with van der Waals surface area (Å²) in [4.78, 5) is 49.0. The number of para-hydroxylation sites is 1. The zero-order chi connectivity index (χ0) is 20.6. The van der Waals surface area contributed by atoms with Crippen LogP contribution in [0.15, 0.2) is 30.3 Å². The maximum absolute atomic E-state index is 12.6. The predicted octanol–water partition coefficient (Wildman–Crippen LogP) is 1.16. The quantitative estimate of drug-likeness (QED) is 0.597. The van der Waals surface area contributed by atoms with Gasteiger partial charge in [0.2, 0.25) is 17.7 Å². The smallest absolute Gasteiger partial charge is 0.326 e. The van der Waals surface area contributed by atoms with Gasteiger partial charge in [0.15, 0.2) is 0 Å². The standard InChI is InChI=1S/C19H27N3O5/c1-12(2)10-16(19(26)27)21-18(25)13(3)22(15-8-6-5-7-9-15)17(24)11-20-14(4)23/h5-9,12-13,16H,10-11H2,1-4H3,(H,20,23)(H,21,25)(H,26,27).